The van der Waals surface area contributed by atoms with Crippen molar-refractivity contribution in [2.45, 2.75) is 38.8 Å². The van der Waals surface area contributed by atoms with Crippen LogP contribution in [0, 0.1) is 13.8 Å². The average molecular weight is 329 g/mol. The summed E-state index contributed by atoms with van der Waals surface area (Å²) in [7, 11) is 0. The second-order valence-electron chi connectivity index (χ2n) is 7.37. The molecule has 5 heteroatoms. The standard InChI is InChI=1S/C19H27N3O2/c1-13-9-15-11-18(24-17(15)10-14(13)2)19(23)22-6-3-16(12-22)21-7-4-20-5-8-21/h9-10,16,18,20H,3-8,11-12H2,1-2H3. The maximum Gasteiger partial charge on any atom is 0.264 e. The number of hydrogen-bond donors (Lipinski definition) is 1. The van der Waals surface area contributed by atoms with Crippen molar-refractivity contribution in [3.8, 4) is 5.75 Å². The Hall–Kier alpha value is -1.59. The highest BCUT2D eigenvalue weighted by molar-refractivity contribution is 5.83. The molecule has 3 aliphatic heterocycles. The number of nitrogens with zero attached hydrogens (tertiary/aromatic N) is 2. The van der Waals surface area contributed by atoms with E-state index in [-0.39, 0.29) is 12.0 Å². The highest BCUT2D eigenvalue weighted by atomic mass is 16.5. The van der Waals surface area contributed by atoms with E-state index in [4.69, 9.17) is 4.74 Å². The van der Waals surface area contributed by atoms with Crippen molar-refractivity contribution < 1.29 is 9.53 Å². The van der Waals surface area contributed by atoms with Crippen LogP contribution in [0.4, 0.5) is 0 Å². The summed E-state index contributed by atoms with van der Waals surface area (Å²) < 4.78 is 5.98. The molecule has 24 heavy (non-hydrogen) atoms. The highest BCUT2D eigenvalue weighted by Gasteiger charge is 2.37. The summed E-state index contributed by atoms with van der Waals surface area (Å²) in [6.45, 7) is 10.2. The monoisotopic (exact) mass is 329 g/mol. The van der Waals surface area contributed by atoms with Crippen molar-refractivity contribution in [2.24, 2.45) is 0 Å². The maximum atomic E-state index is 12.9. The van der Waals surface area contributed by atoms with E-state index < -0.39 is 0 Å². The van der Waals surface area contributed by atoms with Crippen molar-refractivity contribution in [3.05, 3.63) is 28.8 Å². The van der Waals surface area contributed by atoms with E-state index in [2.05, 4.69) is 36.2 Å². The molecular weight excluding hydrogens is 302 g/mol. The average Bonchev–Trinajstić information content (AvgIpc) is 3.23. The Morgan fingerprint density at radius 3 is 2.71 bits per heavy atom. The quantitative estimate of drug-likeness (QED) is 0.883. The van der Waals surface area contributed by atoms with Crippen LogP contribution >= 0.6 is 0 Å². The number of rotatable bonds is 2. The molecule has 1 N–H and O–H groups in total. The molecule has 3 heterocycles. The van der Waals surface area contributed by atoms with E-state index in [1.807, 2.05) is 4.90 Å². The first-order chi connectivity index (χ1) is 11.6. The van der Waals surface area contributed by atoms with Gasteiger partial charge < -0.3 is 15.0 Å². The number of amides is 1. The van der Waals surface area contributed by atoms with Gasteiger partial charge >= 0.3 is 0 Å². The van der Waals surface area contributed by atoms with Gasteiger partial charge in [0.15, 0.2) is 6.10 Å². The normalized spacial score (nSPS) is 27.2. The van der Waals surface area contributed by atoms with Gasteiger partial charge in [-0.3, -0.25) is 9.69 Å². The Morgan fingerprint density at radius 1 is 1.17 bits per heavy atom. The minimum atomic E-state index is -0.331. The first-order valence-corrected chi connectivity index (χ1v) is 9.12. The van der Waals surface area contributed by atoms with Crippen molar-refractivity contribution >= 4 is 5.91 Å². The van der Waals surface area contributed by atoms with Crippen molar-refractivity contribution in [3.63, 3.8) is 0 Å². The number of hydrogen-bond acceptors (Lipinski definition) is 4. The SMILES string of the molecule is Cc1cc2c(cc1C)OC(C(=O)N1CCC(N3CCNCC3)C1)C2. The molecular formula is C19H27N3O2. The molecule has 0 saturated carbocycles. The number of ether oxygens (including phenoxy) is 1. The molecule has 130 valence electrons. The predicted octanol–water partition coefficient (Wildman–Crippen LogP) is 1.11. The molecule has 2 saturated heterocycles. The van der Waals surface area contributed by atoms with Gasteiger partial charge in [-0.2, -0.15) is 0 Å². The minimum absolute atomic E-state index is 0.166. The summed E-state index contributed by atoms with van der Waals surface area (Å²) >= 11 is 0. The van der Waals surface area contributed by atoms with Crippen LogP contribution in [0.1, 0.15) is 23.1 Å². The number of carbonyl (C=O) groups is 1. The second kappa shape index (κ2) is 6.37. The van der Waals surface area contributed by atoms with Crippen molar-refractivity contribution in [1.29, 1.82) is 0 Å². The smallest absolute Gasteiger partial charge is 0.264 e. The van der Waals surface area contributed by atoms with Crippen LogP contribution in [0.3, 0.4) is 0 Å². The molecule has 0 bridgehead atoms. The molecule has 1 aromatic rings. The molecule has 2 unspecified atom stereocenters. The Balaban J connectivity index is 1.39. The molecule has 2 fully saturated rings. The van der Waals surface area contributed by atoms with Gasteiger partial charge in [0.05, 0.1) is 0 Å². The van der Waals surface area contributed by atoms with Gasteiger partial charge in [0.2, 0.25) is 0 Å². The molecule has 5 nitrogen and oxygen atoms in total. The van der Waals surface area contributed by atoms with Crippen LogP contribution in [0.5, 0.6) is 5.75 Å². The minimum Gasteiger partial charge on any atom is -0.480 e. The summed E-state index contributed by atoms with van der Waals surface area (Å²) in [4.78, 5) is 17.4. The van der Waals surface area contributed by atoms with Crippen LogP contribution in [-0.4, -0.2) is 67.1 Å². The van der Waals surface area contributed by atoms with E-state index in [1.54, 1.807) is 0 Å². The van der Waals surface area contributed by atoms with E-state index in [0.29, 0.717) is 12.5 Å². The fourth-order valence-corrected chi connectivity index (χ4v) is 4.14. The molecule has 0 radical (unpaired) electrons. The number of piperazine rings is 1. The fourth-order valence-electron chi connectivity index (χ4n) is 4.14. The third-order valence-electron chi connectivity index (χ3n) is 5.77. The van der Waals surface area contributed by atoms with Crippen LogP contribution in [0.2, 0.25) is 0 Å². The van der Waals surface area contributed by atoms with Gasteiger partial charge in [0.1, 0.15) is 5.75 Å². The molecule has 2 atom stereocenters. The van der Waals surface area contributed by atoms with Crippen LogP contribution in [0.25, 0.3) is 0 Å². The lowest BCUT2D eigenvalue weighted by atomic mass is 10.0. The largest absolute Gasteiger partial charge is 0.480 e. The highest BCUT2D eigenvalue weighted by Crippen LogP contribution is 2.32. The molecule has 0 aromatic heterocycles. The molecule has 4 rings (SSSR count). The van der Waals surface area contributed by atoms with E-state index >= 15 is 0 Å². The van der Waals surface area contributed by atoms with E-state index in [0.717, 1.165) is 51.4 Å². The number of nitrogens with one attached hydrogen (secondary N) is 1. The van der Waals surface area contributed by atoms with Gasteiger partial charge in [-0.15, -0.1) is 0 Å². The zero-order valence-electron chi connectivity index (χ0n) is 14.7. The number of fused-ring (bicyclic) bond motifs is 1. The molecule has 0 spiro atoms. The lowest BCUT2D eigenvalue weighted by Crippen LogP contribution is -2.50. The summed E-state index contributed by atoms with van der Waals surface area (Å²) in [5.41, 5.74) is 3.67. The summed E-state index contributed by atoms with van der Waals surface area (Å²) in [5, 5.41) is 3.39. The third kappa shape index (κ3) is 2.91. The Kier molecular flexibility index (Phi) is 4.22. The zero-order valence-corrected chi connectivity index (χ0v) is 14.7. The number of benzene rings is 1. The van der Waals surface area contributed by atoms with Crippen LogP contribution < -0.4 is 10.1 Å². The lowest BCUT2D eigenvalue weighted by Gasteiger charge is -2.32. The summed E-state index contributed by atoms with van der Waals surface area (Å²) in [6, 6.07) is 4.76. The number of aryl methyl sites for hydroxylation is 2. The topological polar surface area (TPSA) is 44.8 Å². The number of likely N-dealkylation sites (tertiary alicyclic amines) is 1. The fraction of sp³-hybridized carbons (Fsp3) is 0.632. The Bertz CT molecular complexity index is 609. The zero-order chi connectivity index (χ0) is 16.7. The van der Waals surface area contributed by atoms with E-state index in [1.165, 1.54) is 16.7 Å². The van der Waals surface area contributed by atoms with E-state index in [9.17, 15) is 4.79 Å². The molecule has 0 aliphatic carbocycles. The Labute approximate surface area is 144 Å². The van der Waals surface area contributed by atoms with Gasteiger partial charge in [-0.05, 0) is 43.0 Å². The van der Waals surface area contributed by atoms with Gasteiger partial charge in [-0.1, -0.05) is 6.07 Å². The van der Waals surface area contributed by atoms with Crippen molar-refractivity contribution in [1.82, 2.24) is 15.1 Å². The van der Waals surface area contributed by atoms with Gasteiger partial charge in [0, 0.05) is 51.7 Å². The van der Waals surface area contributed by atoms with Crippen LogP contribution in [0.15, 0.2) is 12.1 Å². The molecule has 1 aromatic carbocycles. The van der Waals surface area contributed by atoms with Crippen LogP contribution in [-0.2, 0) is 11.2 Å². The predicted molar refractivity (Wildman–Crippen MR) is 93.5 cm³/mol. The van der Waals surface area contributed by atoms with Gasteiger partial charge in [-0.25, -0.2) is 0 Å². The maximum absolute atomic E-state index is 12.9. The van der Waals surface area contributed by atoms with Crippen molar-refractivity contribution in [2.75, 3.05) is 39.3 Å². The molecule has 3 aliphatic rings. The van der Waals surface area contributed by atoms with Gasteiger partial charge in [0.25, 0.3) is 5.91 Å². The summed E-state index contributed by atoms with van der Waals surface area (Å²) in [6.07, 6.45) is 1.47. The number of carbonyl (C=O) groups excluding carboxylic acids is 1. The summed E-state index contributed by atoms with van der Waals surface area (Å²) in [5.74, 6) is 1.06. The first-order valence-electron chi connectivity index (χ1n) is 9.12. The first kappa shape index (κ1) is 15.9. The lowest BCUT2D eigenvalue weighted by molar-refractivity contribution is -0.137. The third-order valence-corrected chi connectivity index (χ3v) is 5.77. The molecule has 1 amide bonds. The Morgan fingerprint density at radius 2 is 1.92 bits per heavy atom. The second-order valence-corrected chi connectivity index (χ2v) is 7.37.